The molecule has 3 aromatic rings. The summed E-state index contributed by atoms with van der Waals surface area (Å²) in [6, 6.07) is 12.4. The van der Waals surface area contributed by atoms with Crippen LogP contribution in [0.3, 0.4) is 0 Å². The van der Waals surface area contributed by atoms with Gasteiger partial charge in [-0.05, 0) is 18.1 Å². The number of nitrogens with one attached hydrogen (secondary N) is 1. The summed E-state index contributed by atoms with van der Waals surface area (Å²) in [6.07, 6.45) is 0. The summed E-state index contributed by atoms with van der Waals surface area (Å²) in [5, 5.41) is 18.6. The minimum absolute atomic E-state index is 0.0948. The summed E-state index contributed by atoms with van der Waals surface area (Å²) >= 11 is 0. The van der Waals surface area contributed by atoms with Crippen LogP contribution in [0.1, 0.15) is 24.3 Å². The maximum Gasteiger partial charge on any atom is 0.276 e. The molecular weight excluding hydrogens is 348 g/mol. The third-order valence-electron chi connectivity index (χ3n) is 3.94. The average Bonchev–Trinajstić information content (AvgIpc) is 2.64. The summed E-state index contributed by atoms with van der Waals surface area (Å²) in [4.78, 5) is 35.8. The normalized spacial score (nSPS) is 10.9. The molecule has 0 fully saturated rings. The number of fused-ring (bicyclic) bond motifs is 1. The van der Waals surface area contributed by atoms with Crippen LogP contribution in [0.2, 0.25) is 0 Å². The number of anilines is 1. The number of benzene rings is 2. The van der Waals surface area contributed by atoms with E-state index in [0.29, 0.717) is 17.3 Å². The molecule has 0 saturated carbocycles. The molecule has 1 N–H and O–H groups in total. The van der Waals surface area contributed by atoms with E-state index in [1.165, 1.54) is 22.9 Å². The highest BCUT2D eigenvalue weighted by molar-refractivity contribution is 6.11. The number of hydrogen-bond donors (Lipinski definition) is 1. The molecule has 138 valence electrons. The van der Waals surface area contributed by atoms with Crippen molar-refractivity contribution in [2.45, 2.75) is 20.4 Å². The lowest BCUT2D eigenvalue weighted by Crippen LogP contribution is -2.29. The molecule has 2 aromatic carbocycles. The van der Waals surface area contributed by atoms with E-state index in [1.54, 1.807) is 30.3 Å². The van der Waals surface area contributed by atoms with Crippen molar-refractivity contribution in [2.75, 3.05) is 5.32 Å². The molecule has 8 nitrogen and oxygen atoms in total. The van der Waals surface area contributed by atoms with E-state index in [0.717, 1.165) is 0 Å². The van der Waals surface area contributed by atoms with Crippen molar-refractivity contribution < 1.29 is 9.72 Å². The lowest BCUT2D eigenvalue weighted by Gasteiger charge is -2.12. The fourth-order valence-electron chi connectivity index (χ4n) is 2.76. The topological polar surface area (TPSA) is 107 Å². The van der Waals surface area contributed by atoms with Gasteiger partial charge < -0.3 is 5.32 Å². The highest BCUT2D eigenvalue weighted by Crippen LogP contribution is 2.19. The van der Waals surface area contributed by atoms with Gasteiger partial charge in [-0.15, -0.1) is 0 Å². The quantitative estimate of drug-likeness (QED) is 0.551. The zero-order valence-electron chi connectivity index (χ0n) is 14.9. The van der Waals surface area contributed by atoms with Gasteiger partial charge in [0.2, 0.25) is 0 Å². The first-order valence-corrected chi connectivity index (χ1v) is 8.42. The number of nitro groups is 1. The van der Waals surface area contributed by atoms with Gasteiger partial charge in [0.15, 0.2) is 5.69 Å². The van der Waals surface area contributed by atoms with Gasteiger partial charge in [-0.1, -0.05) is 38.1 Å². The van der Waals surface area contributed by atoms with E-state index in [-0.39, 0.29) is 28.5 Å². The molecule has 1 amide bonds. The Balaban J connectivity index is 2.06. The van der Waals surface area contributed by atoms with Crippen LogP contribution in [0.15, 0.2) is 53.3 Å². The first-order valence-electron chi connectivity index (χ1n) is 8.42. The second kappa shape index (κ2) is 7.36. The third kappa shape index (κ3) is 3.84. The van der Waals surface area contributed by atoms with Crippen LogP contribution in [-0.4, -0.2) is 20.6 Å². The maximum atomic E-state index is 12.8. The summed E-state index contributed by atoms with van der Waals surface area (Å²) in [5.74, 6) is -0.367. The van der Waals surface area contributed by atoms with E-state index in [2.05, 4.69) is 10.4 Å². The Labute approximate surface area is 154 Å². The number of amides is 1. The molecule has 27 heavy (non-hydrogen) atoms. The first-order chi connectivity index (χ1) is 12.9. The van der Waals surface area contributed by atoms with Gasteiger partial charge >= 0.3 is 0 Å². The molecule has 0 aliphatic rings. The van der Waals surface area contributed by atoms with Gasteiger partial charge in [-0.2, -0.15) is 5.10 Å². The van der Waals surface area contributed by atoms with Gasteiger partial charge in [-0.3, -0.25) is 19.7 Å². The second-order valence-electron chi connectivity index (χ2n) is 6.54. The van der Waals surface area contributed by atoms with Crippen LogP contribution >= 0.6 is 0 Å². The van der Waals surface area contributed by atoms with Gasteiger partial charge in [0, 0.05) is 29.8 Å². The van der Waals surface area contributed by atoms with Crippen molar-refractivity contribution in [3.05, 3.63) is 74.7 Å². The molecule has 1 aromatic heterocycles. The Kier molecular flexibility index (Phi) is 4.98. The standard InChI is InChI=1S/C19H18N4O4/c1-12(2)11-22-19(25)16-9-4-3-8-15(16)17(21-22)18(24)20-13-6-5-7-14(10-13)23(26)27/h3-10,12H,11H2,1-2H3,(H,20,24). The second-order valence-corrected chi connectivity index (χ2v) is 6.54. The molecular formula is C19H18N4O4. The van der Waals surface area contributed by atoms with Crippen LogP contribution in [0, 0.1) is 16.0 Å². The summed E-state index contributed by atoms with van der Waals surface area (Å²) in [7, 11) is 0. The summed E-state index contributed by atoms with van der Waals surface area (Å²) in [6.45, 7) is 4.28. The van der Waals surface area contributed by atoms with Crippen molar-refractivity contribution >= 4 is 28.1 Å². The first kappa shape index (κ1) is 18.2. The molecule has 0 saturated heterocycles. The largest absolute Gasteiger partial charge is 0.320 e. The van der Waals surface area contributed by atoms with Crippen molar-refractivity contribution in [3.8, 4) is 0 Å². The highest BCUT2D eigenvalue weighted by atomic mass is 16.6. The SMILES string of the molecule is CC(C)Cn1nc(C(=O)Nc2cccc([N+](=O)[O-])c2)c2ccccc2c1=O. The summed E-state index contributed by atoms with van der Waals surface area (Å²) in [5.41, 5.74) is -0.0133. The minimum Gasteiger partial charge on any atom is -0.320 e. The fourth-order valence-corrected chi connectivity index (χ4v) is 2.76. The monoisotopic (exact) mass is 366 g/mol. The third-order valence-corrected chi connectivity index (χ3v) is 3.94. The molecule has 0 radical (unpaired) electrons. The Morgan fingerprint density at radius 1 is 1.19 bits per heavy atom. The number of aromatic nitrogens is 2. The molecule has 3 rings (SSSR count). The van der Waals surface area contributed by atoms with Crippen LogP contribution in [-0.2, 0) is 6.54 Å². The van der Waals surface area contributed by atoms with Gasteiger partial charge in [0.1, 0.15) is 0 Å². The van der Waals surface area contributed by atoms with Crippen LogP contribution in [0.25, 0.3) is 10.8 Å². The van der Waals surface area contributed by atoms with Gasteiger partial charge in [-0.25, -0.2) is 4.68 Å². The van der Waals surface area contributed by atoms with E-state index >= 15 is 0 Å². The Morgan fingerprint density at radius 2 is 1.89 bits per heavy atom. The van der Waals surface area contributed by atoms with E-state index < -0.39 is 10.8 Å². The number of carbonyl (C=O) groups is 1. The average molecular weight is 366 g/mol. The highest BCUT2D eigenvalue weighted by Gasteiger charge is 2.18. The zero-order chi connectivity index (χ0) is 19.6. The molecule has 0 atom stereocenters. The predicted octanol–water partition coefficient (Wildman–Crippen LogP) is 3.21. The van der Waals surface area contributed by atoms with Gasteiger partial charge in [0.25, 0.3) is 17.2 Å². The van der Waals surface area contributed by atoms with Crippen molar-refractivity contribution in [1.29, 1.82) is 0 Å². The van der Waals surface area contributed by atoms with Crippen molar-refractivity contribution in [3.63, 3.8) is 0 Å². The molecule has 1 heterocycles. The molecule has 0 aliphatic carbocycles. The van der Waals surface area contributed by atoms with E-state index in [1.807, 2.05) is 13.8 Å². The molecule has 0 unspecified atom stereocenters. The predicted molar refractivity (Wildman–Crippen MR) is 102 cm³/mol. The zero-order valence-corrected chi connectivity index (χ0v) is 14.9. The maximum absolute atomic E-state index is 12.8. The lowest BCUT2D eigenvalue weighted by atomic mass is 10.1. The van der Waals surface area contributed by atoms with E-state index in [4.69, 9.17) is 0 Å². The number of carbonyl (C=O) groups excluding carboxylic acids is 1. The Bertz CT molecular complexity index is 1090. The smallest absolute Gasteiger partial charge is 0.276 e. The van der Waals surface area contributed by atoms with Crippen LogP contribution in [0.4, 0.5) is 11.4 Å². The number of nitrogens with zero attached hydrogens (tertiary/aromatic N) is 3. The Hall–Kier alpha value is -3.55. The molecule has 8 heteroatoms. The van der Waals surface area contributed by atoms with Crippen molar-refractivity contribution in [1.82, 2.24) is 9.78 Å². The number of rotatable bonds is 5. The van der Waals surface area contributed by atoms with Crippen molar-refractivity contribution in [2.24, 2.45) is 5.92 Å². The lowest BCUT2D eigenvalue weighted by molar-refractivity contribution is -0.384. The molecule has 0 aliphatic heterocycles. The minimum atomic E-state index is -0.538. The van der Waals surface area contributed by atoms with E-state index in [9.17, 15) is 19.7 Å². The fraction of sp³-hybridized carbons (Fsp3) is 0.211. The Morgan fingerprint density at radius 3 is 2.56 bits per heavy atom. The van der Waals surface area contributed by atoms with Crippen LogP contribution in [0.5, 0.6) is 0 Å². The van der Waals surface area contributed by atoms with Crippen LogP contribution < -0.4 is 10.9 Å². The summed E-state index contributed by atoms with van der Waals surface area (Å²) < 4.78 is 1.29. The molecule has 0 spiro atoms. The molecule has 0 bridgehead atoms. The number of nitro benzene ring substituents is 1. The number of non-ortho nitro benzene ring substituents is 1. The van der Waals surface area contributed by atoms with Gasteiger partial charge in [0.05, 0.1) is 10.3 Å². The number of hydrogen-bond acceptors (Lipinski definition) is 5.